The first kappa shape index (κ1) is 12.9. The lowest BCUT2D eigenvalue weighted by molar-refractivity contribution is 0.309. The van der Waals surface area contributed by atoms with Crippen molar-refractivity contribution >= 4 is 15.9 Å². The van der Waals surface area contributed by atoms with Crippen molar-refractivity contribution in [3.63, 3.8) is 0 Å². The van der Waals surface area contributed by atoms with Crippen molar-refractivity contribution in [2.45, 2.75) is 13.0 Å². The van der Waals surface area contributed by atoms with Gasteiger partial charge in [-0.05, 0) is 50.7 Å². The average molecular weight is 299 g/mol. The second-order valence-corrected chi connectivity index (χ2v) is 5.64. The number of hydrogen-bond donors (Lipinski definition) is 2. The molecule has 1 unspecified atom stereocenters. The smallest absolute Gasteiger partial charge is 0.120 e. The third-order valence-electron chi connectivity index (χ3n) is 3.30. The molecular formula is C13H19BrN2O. The molecule has 1 atom stereocenters. The molecule has 2 N–H and O–H groups in total. The van der Waals surface area contributed by atoms with Gasteiger partial charge in [0.1, 0.15) is 5.75 Å². The molecule has 0 aliphatic carbocycles. The number of phenolic OH excluding ortho intramolecular Hbond substituents is 1. The summed E-state index contributed by atoms with van der Waals surface area (Å²) in [5, 5.41) is 13.0. The molecule has 1 aromatic carbocycles. The van der Waals surface area contributed by atoms with Crippen molar-refractivity contribution in [3.05, 3.63) is 28.2 Å². The molecule has 0 saturated carbocycles. The van der Waals surface area contributed by atoms with E-state index in [4.69, 9.17) is 0 Å². The van der Waals surface area contributed by atoms with Crippen LogP contribution < -0.4 is 5.32 Å². The van der Waals surface area contributed by atoms with Crippen LogP contribution in [0.5, 0.6) is 5.75 Å². The van der Waals surface area contributed by atoms with Crippen LogP contribution in [-0.2, 0) is 6.54 Å². The van der Waals surface area contributed by atoms with Gasteiger partial charge in [0.15, 0.2) is 0 Å². The Labute approximate surface area is 111 Å². The van der Waals surface area contributed by atoms with Crippen molar-refractivity contribution in [3.8, 4) is 5.75 Å². The van der Waals surface area contributed by atoms with Crippen molar-refractivity contribution in [1.82, 2.24) is 10.2 Å². The molecule has 0 bridgehead atoms. The molecule has 0 radical (unpaired) electrons. The predicted molar refractivity (Wildman–Crippen MR) is 73.1 cm³/mol. The van der Waals surface area contributed by atoms with Crippen LogP contribution in [0.15, 0.2) is 22.7 Å². The molecule has 1 fully saturated rings. The first-order valence-electron chi connectivity index (χ1n) is 6.03. The van der Waals surface area contributed by atoms with Gasteiger partial charge in [-0.25, -0.2) is 0 Å². The Kier molecular flexibility index (Phi) is 4.42. The Morgan fingerprint density at radius 1 is 1.53 bits per heavy atom. The molecule has 0 aromatic heterocycles. The summed E-state index contributed by atoms with van der Waals surface area (Å²) < 4.78 is 1.02. The zero-order valence-corrected chi connectivity index (χ0v) is 11.7. The fourth-order valence-electron chi connectivity index (χ4n) is 2.43. The molecule has 1 aliphatic rings. The monoisotopic (exact) mass is 298 g/mol. The summed E-state index contributed by atoms with van der Waals surface area (Å²) in [5.74, 6) is 1.14. The molecule has 1 saturated heterocycles. The summed E-state index contributed by atoms with van der Waals surface area (Å²) in [5.41, 5.74) is 1.00. The van der Waals surface area contributed by atoms with Gasteiger partial charge in [-0.15, -0.1) is 0 Å². The largest absolute Gasteiger partial charge is 0.508 e. The number of benzene rings is 1. The summed E-state index contributed by atoms with van der Waals surface area (Å²) in [6, 6.07) is 5.62. The van der Waals surface area contributed by atoms with Gasteiger partial charge in [0.25, 0.3) is 0 Å². The van der Waals surface area contributed by atoms with E-state index in [0.717, 1.165) is 42.1 Å². The molecule has 1 aliphatic heterocycles. The molecule has 1 aromatic rings. The molecule has 2 rings (SSSR count). The number of aromatic hydroxyl groups is 1. The summed E-state index contributed by atoms with van der Waals surface area (Å²) in [4.78, 5) is 2.41. The molecular weight excluding hydrogens is 280 g/mol. The first-order valence-corrected chi connectivity index (χ1v) is 6.82. The van der Waals surface area contributed by atoms with E-state index in [2.05, 4.69) is 26.1 Å². The lowest BCUT2D eigenvalue weighted by Crippen LogP contribution is -2.24. The number of hydrogen-bond acceptors (Lipinski definition) is 3. The van der Waals surface area contributed by atoms with Crippen LogP contribution >= 0.6 is 15.9 Å². The van der Waals surface area contributed by atoms with Crippen LogP contribution in [0, 0.1) is 5.92 Å². The van der Waals surface area contributed by atoms with Gasteiger partial charge in [0.2, 0.25) is 0 Å². The lowest BCUT2D eigenvalue weighted by atomic mass is 10.1. The highest BCUT2D eigenvalue weighted by Crippen LogP contribution is 2.25. The van der Waals surface area contributed by atoms with E-state index in [-0.39, 0.29) is 0 Å². The van der Waals surface area contributed by atoms with E-state index in [1.807, 2.05) is 19.2 Å². The van der Waals surface area contributed by atoms with Crippen LogP contribution in [-0.4, -0.2) is 36.7 Å². The molecule has 4 heteroatoms. The zero-order valence-electron chi connectivity index (χ0n) is 10.1. The highest BCUT2D eigenvalue weighted by molar-refractivity contribution is 9.10. The molecule has 17 heavy (non-hydrogen) atoms. The Balaban J connectivity index is 1.95. The Morgan fingerprint density at radius 2 is 2.35 bits per heavy atom. The van der Waals surface area contributed by atoms with Crippen LogP contribution in [0.25, 0.3) is 0 Å². The normalized spacial score (nSPS) is 20.9. The SMILES string of the molecule is CNCC1CCN(Cc2cc(Br)ccc2O)C1. The predicted octanol–water partition coefficient (Wildman–Crippen LogP) is 2.20. The van der Waals surface area contributed by atoms with Crippen molar-refractivity contribution in [2.24, 2.45) is 5.92 Å². The first-order chi connectivity index (χ1) is 8.19. The van der Waals surface area contributed by atoms with E-state index in [9.17, 15) is 5.11 Å². The number of halogens is 1. The number of nitrogens with one attached hydrogen (secondary N) is 1. The number of nitrogens with zero attached hydrogens (tertiary/aromatic N) is 1. The van der Waals surface area contributed by atoms with Crippen molar-refractivity contribution in [1.29, 1.82) is 0 Å². The Bertz CT molecular complexity index is 384. The Hall–Kier alpha value is -0.580. The van der Waals surface area contributed by atoms with Crippen LogP contribution in [0.3, 0.4) is 0 Å². The minimum absolute atomic E-state index is 0.394. The average Bonchev–Trinajstić information content (AvgIpc) is 2.72. The summed E-state index contributed by atoms with van der Waals surface area (Å²) in [6.07, 6.45) is 1.25. The fraction of sp³-hybridized carbons (Fsp3) is 0.538. The van der Waals surface area contributed by atoms with Gasteiger partial charge < -0.3 is 10.4 Å². The topological polar surface area (TPSA) is 35.5 Å². The second-order valence-electron chi connectivity index (χ2n) is 4.72. The van der Waals surface area contributed by atoms with Gasteiger partial charge in [-0.3, -0.25) is 4.90 Å². The molecule has 1 heterocycles. The maximum absolute atomic E-state index is 9.80. The van der Waals surface area contributed by atoms with E-state index < -0.39 is 0 Å². The molecule has 0 amide bonds. The second kappa shape index (κ2) is 5.85. The molecule has 3 nitrogen and oxygen atoms in total. The van der Waals surface area contributed by atoms with Gasteiger partial charge in [0, 0.05) is 23.1 Å². The zero-order chi connectivity index (χ0) is 12.3. The van der Waals surface area contributed by atoms with Crippen LogP contribution in [0.1, 0.15) is 12.0 Å². The summed E-state index contributed by atoms with van der Waals surface area (Å²) in [6.45, 7) is 4.16. The molecule has 0 spiro atoms. The summed E-state index contributed by atoms with van der Waals surface area (Å²) >= 11 is 3.44. The third-order valence-corrected chi connectivity index (χ3v) is 3.79. The number of rotatable bonds is 4. The maximum Gasteiger partial charge on any atom is 0.120 e. The highest BCUT2D eigenvalue weighted by Gasteiger charge is 2.22. The fourth-order valence-corrected chi connectivity index (χ4v) is 2.84. The highest BCUT2D eigenvalue weighted by atomic mass is 79.9. The van der Waals surface area contributed by atoms with E-state index >= 15 is 0 Å². The lowest BCUT2D eigenvalue weighted by Gasteiger charge is -2.17. The third kappa shape index (κ3) is 3.44. The summed E-state index contributed by atoms with van der Waals surface area (Å²) in [7, 11) is 2.00. The van der Waals surface area contributed by atoms with E-state index in [0.29, 0.717) is 5.75 Å². The van der Waals surface area contributed by atoms with E-state index in [1.54, 1.807) is 6.07 Å². The van der Waals surface area contributed by atoms with Crippen LogP contribution in [0.4, 0.5) is 0 Å². The standard InChI is InChI=1S/C13H19BrN2O/c1-15-7-10-4-5-16(8-10)9-11-6-12(14)2-3-13(11)17/h2-3,6,10,15,17H,4-5,7-9H2,1H3. The van der Waals surface area contributed by atoms with Gasteiger partial charge >= 0.3 is 0 Å². The number of likely N-dealkylation sites (tertiary alicyclic amines) is 1. The molecule has 94 valence electrons. The minimum atomic E-state index is 0.394. The van der Waals surface area contributed by atoms with Crippen LogP contribution in [0.2, 0.25) is 0 Å². The van der Waals surface area contributed by atoms with Gasteiger partial charge in [-0.1, -0.05) is 15.9 Å². The minimum Gasteiger partial charge on any atom is -0.508 e. The quantitative estimate of drug-likeness (QED) is 0.894. The van der Waals surface area contributed by atoms with E-state index in [1.165, 1.54) is 6.42 Å². The van der Waals surface area contributed by atoms with Gasteiger partial charge in [-0.2, -0.15) is 0 Å². The van der Waals surface area contributed by atoms with Crippen molar-refractivity contribution < 1.29 is 5.11 Å². The number of phenols is 1. The van der Waals surface area contributed by atoms with Gasteiger partial charge in [0.05, 0.1) is 0 Å². The van der Waals surface area contributed by atoms with Crippen molar-refractivity contribution in [2.75, 3.05) is 26.7 Å². The Morgan fingerprint density at radius 3 is 3.12 bits per heavy atom. The maximum atomic E-state index is 9.80.